The molecule has 46 heavy (non-hydrogen) atoms. The fraction of sp³-hybridized carbons (Fsp3) is 0.600. The molecule has 2 aromatic rings. The largest absolute Gasteiger partial charge is 0.541 e. The molecule has 3 saturated heterocycles. The van der Waals surface area contributed by atoms with Gasteiger partial charge in [-0.2, -0.15) is 0 Å². The van der Waals surface area contributed by atoms with Gasteiger partial charge in [-0.15, -0.1) is 0 Å². The molecule has 0 unspecified atom stereocenters. The van der Waals surface area contributed by atoms with E-state index in [1.54, 1.807) is 28.4 Å². The molecule has 10 nitrogen and oxygen atoms in total. The van der Waals surface area contributed by atoms with Crippen LogP contribution in [0.4, 0.5) is 0 Å². The van der Waals surface area contributed by atoms with Crippen LogP contribution in [0.3, 0.4) is 0 Å². The van der Waals surface area contributed by atoms with E-state index in [4.69, 9.17) is 47.1 Å². The molecule has 2 aromatic carbocycles. The normalized spacial score (nSPS) is 26.3. The number of hydrogen-bond donors (Lipinski definition) is 0. The molecule has 0 saturated carbocycles. The van der Waals surface area contributed by atoms with Crippen molar-refractivity contribution in [2.24, 2.45) is 0 Å². The van der Waals surface area contributed by atoms with E-state index in [1.807, 2.05) is 58.0 Å². The van der Waals surface area contributed by atoms with Crippen LogP contribution in [-0.4, -0.2) is 79.4 Å². The molecule has 0 spiro atoms. The second kappa shape index (κ2) is 12.2. The van der Waals surface area contributed by atoms with Gasteiger partial charge in [-0.25, -0.2) is 0 Å². The predicted octanol–water partition coefficient (Wildman–Crippen LogP) is 6.93. The summed E-state index contributed by atoms with van der Waals surface area (Å²) in [6.07, 6.45) is -1.83. The molecular weight excluding hydrogens is 608 g/mol. The summed E-state index contributed by atoms with van der Waals surface area (Å²) in [6.45, 7) is 19.0. The fourth-order valence-electron chi connectivity index (χ4n) is 5.90. The Kier molecular flexibility index (Phi) is 9.15. The van der Waals surface area contributed by atoms with Gasteiger partial charge in [-0.3, -0.25) is 0 Å². The summed E-state index contributed by atoms with van der Waals surface area (Å²) in [5, 5.41) is -0.0290. The molecule has 0 aliphatic carbocycles. The van der Waals surface area contributed by atoms with Crippen molar-refractivity contribution in [2.45, 2.75) is 103 Å². The Labute approximate surface area is 274 Å². The highest BCUT2D eigenvalue weighted by molar-refractivity contribution is 6.74. The molecule has 254 valence electrons. The number of benzene rings is 2. The van der Waals surface area contributed by atoms with Crippen LogP contribution in [0, 0.1) is 0 Å². The van der Waals surface area contributed by atoms with Crippen LogP contribution in [-0.2, 0) is 23.7 Å². The first kappa shape index (κ1) is 34.4. The van der Waals surface area contributed by atoms with E-state index in [-0.39, 0.29) is 11.1 Å². The van der Waals surface area contributed by atoms with Crippen molar-refractivity contribution < 1.29 is 47.1 Å². The van der Waals surface area contributed by atoms with Crippen LogP contribution in [0.15, 0.2) is 36.1 Å². The Morgan fingerprint density at radius 3 is 1.87 bits per heavy atom. The minimum Gasteiger partial charge on any atom is -0.541 e. The molecule has 0 amide bonds. The third-order valence-corrected chi connectivity index (χ3v) is 13.5. The standard InChI is InChI=1S/C35H50O10Si/c1-33(2,3)46(12,13)45-23-16-20(14-15-22(23)36-8)27(21-17-24(37-9)28(39-11)25(18-21)38-10)30-32-31(43-35(6,7)44-32)29(41-30)26-19-40-34(4,5)42-26/h14-18,26,29,31-32H,19H2,1-13H3/b30-27-/t26-,29+,31-,32+/m1/s1. The highest BCUT2D eigenvalue weighted by Gasteiger charge is 2.58. The van der Waals surface area contributed by atoms with E-state index in [0.717, 1.165) is 16.7 Å². The Morgan fingerprint density at radius 1 is 0.739 bits per heavy atom. The van der Waals surface area contributed by atoms with E-state index >= 15 is 0 Å². The molecule has 4 atom stereocenters. The summed E-state index contributed by atoms with van der Waals surface area (Å²) in [5.41, 5.74) is 2.36. The number of fused-ring (bicyclic) bond motifs is 1. The molecule has 0 aromatic heterocycles. The summed E-state index contributed by atoms with van der Waals surface area (Å²) < 4.78 is 62.0. The van der Waals surface area contributed by atoms with Crippen molar-refractivity contribution in [3.8, 4) is 28.7 Å². The SMILES string of the molecule is COc1ccc(/C(=C2/O[C@@H]([C@H]3COC(C)(C)O3)[C@H]3OC(C)(C)O[C@@H]23)c2cc(OC)c(OC)c(OC)c2)cc1O[Si](C)(C)C(C)(C)C. The quantitative estimate of drug-likeness (QED) is 0.264. The number of rotatable bonds is 9. The second-order valence-electron chi connectivity index (χ2n) is 14.4. The molecule has 3 heterocycles. The van der Waals surface area contributed by atoms with Crippen molar-refractivity contribution in [3.63, 3.8) is 0 Å². The Hall–Kier alpha value is -2.96. The highest BCUT2D eigenvalue weighted by atomic mass is 28.4. The van der Waals surface area contributed by atoms with E-state index < -0.39 is 38.2 Å². The zero-order chi connectivity index (χ0) is 33.8. The van der Waals surface area contributed by atoms with Gasteiger partial charge in [0.1, 0.15) is 29.8 Å². The monoisotopic (exact) mass is 658 g/mol. The van der Waals surface area contributed by atoms with Gasteiger partial charge in [0.2, 0.25) is 5.75 Å². The molecule has 3 fully saturated rings. The van der Waals surface area contributed by atoms with E-state index in [9.17, 15) is 0 Å². The van der Waals surface area contributed by atoms with Gasteiger partial charge >= 0.3 is 0 Å². The maximum atomic E-state index is 6.87. The van der Waals surface area contributed by atoms with Crippen LogP contribution < -0.4 is 23.4 Å². The molecule has 5 rings (SSSR count). The highest BCUT2D eigenvalue weighted by Crippen LogP contribution is 2.50. The maximum Gasteiger partial charge on any atom is 0.250 e. The third-order valence-electron chi connectivity index (χ3n) is 9.19. The van der Waals surface area contributed by atoms with Gasteiger partial charge in [0.25, 0.3) is 8.32 Å². The minimum atomic E-state index is -2.25. The summed E-state index contributed by atoms with van der Waals surface area (Å²) in [6, 6.07) is 9.75. The summed E-state index contributed by atoms with van der Waals surface area (Å²) in [4.78, 5) is 0. The van der Waals surface area contributed by atoms with Crippen LogP contribution in [0.2, 0.25) is 18.1 Å². The topological polar surface area (TPSA) is 92.3 Å². The molecule has 3 aliphatic heterocycles. The Morgan fingerprint density at radius 2 is 1.35 bits per heavy atom. The first-order valence-corrected chi connectivity index (χ1v) is 18.6. The molecule has 3 aliphatic rings. The minimum absolute atomic E-state index is 0.0290. The fourth-order valence-corrected chi connectivity index (χ4v) is 6.91. The lowest BCUT2D eigenvalue weighted by atomic mass is 9.93. The number of methoxy groups -OCH3 is 4. The summed E-state index contributed by atoms with van der Waals surface area (Å²) >= 11 is 0. The van der Waals surface area contributed by atoms with Crippen LogP contribution in [0.25, 0.3) is 5.57 Å². The first-order valence-electron chi connectivity index (χ1n) is 15.7. The molecule has 0 radical (unpaired) electrons. The van der Waals surface area contributed by atoms with E-state index in [1.165, 1.54) is 0 Å². The van der Waals surface area contributed by atoms with E-state index in [0.29, 0.717) is 41.1 Å². The van der Waals surface area contributed by atoms with Crippen molar-refractivity contribution in [3.05, 3.63) is 47.2 Å². The zero-order valence-corrected chi connectivity index (χ0v) is 30.5. The summed E-state index contributed by atoms with van der Waals surface area (Å²) in [5.74, 6) is 1.80. The lowest BCUT2D eigenvalue weighted by Gasteiger charge is -2.37. The third kappa shape index (κ3) is 6.44. The number of hydrogen-bond acceptors (Lipinski definition) is 10. The van der Waals surface area contributed by atoms with Gasteiger partial charge in [0, 0.05) is 5.57 Å². The Balaban J connectivity index is 1.75. The lowest BCUT2D eigenvalue weighted by molar-refractivity contribution is -0.187. The smallest absolute Gasteiger partial charge is 0.250 e. The van der Waals surface area contributed by atoms with Gasteiger partial charge < -0.3 is 47.1 Å². The predicted molar refractivity (Wildman–Crippen MR) is 177 cm³/mol. The van der Waals surface area contributed by atoms with Crippen molar-refractivity contribution in [1.29, 1.82) is 0 Å². The molecule has 0 N–H and O–H groups in total. The summed E-state index contributed by atoms with van der Waals surface area (Å²) in [7, 11) is 4.18. The second-order valence-corrected chi connectivity index (χ2v) is 19.1. The van der Waals surface area contributed by atoms with Gasteiger partial charge in [0.15, 0.2) is 34.9 Å². The zero-order valence-electron chi connectivity index (χ0n) is 29.5. The van der Waals surface area contributed by atoms with Crippen molar-refractivity contribution in [2.75, 3.05) is 35.0 Å². The molecular formula is C35H50O10Si. The van der Waals surface area contributed by atoms with Crippen LogP contribution in [0.5, 0.6) is 28.7 Å². The lowest BCUT2D eigenvalue weighted by Crippen LogP contribution is -2.43. The Bertz CT molecular complexity index is 1450. The molecule has 11 heteroatoms. The van der Waals surface area contributed by atoms with Gasteiger partial charge in [-0.1, -0.05) is 26.8 Å². The van der Waals surface area contributed by atoms with Crippen LogP contribution >= 0.6 is 0 Å². The average molecular weight is 659 g/mol. The number of ether oxygens (including phenoxy) is 9. The average Bonchev–Trinajstić information content (AvgIpc) is 3.61. The van der Waals surface area contributed by atoms with Crippen LogP contribution in [0.1, 0.15) is 59.6 Å². The van der Waals surface area contributed by atoms with E-state index in [2.05, 4.69) is 33.9 Å². The maximum absolute atomic E-state index is 6.87. The van der Waals surface area contributed by atoms with Gasteiger partial charge in [-0.05, 0) is 81.2 Å². The first-order chi connectivity index (χ1) is 21.4. The van der Waals surface area contributed by atoms with Gasteiger partial charge in [0.05, 0.1) is 35.0 Å². The van der Waals surface area contributed by atoms with Crippen molar-refractivity contribution >= 4 is 13.9 Å². The molecule has 0 bridgehead atoms. The van der Waals surface area contributed by atoms with Crippen molar-refractivity contribution in [1.82, 2.24) is 0 Å².